The molecule has 7 nitrogen and oxygen atoms in total. The number of carbonyl (C=O) groups excluding carboxylic acids is 2. The Balaban J connectivity index is 2.00. The van der Waals surface area contributed by atoms with Crippen LogP contribution in [0.5, 0.6) is 0 Å². The van der Waals surface area contributed by atoms with E-state index in [1.165, 1.54) is 25.1 Å². The van der Waals surface area contributed by atoms with Crippen molar-refractivity contribution in [2.45, 2.75) is 11.8 Å². The quantitative estimate of drug-likeness (QED) is 0.697. The summed E-state index contributed by atoms with van der Waals surface area (Å²) in [5, 5.41) is 8.39. The lowest BCUT2D eigenvalue weighted by Gasteiger charge is -2.12. The third-order valence-electron chi connectivity index (χ3n) is 3.27. The fraction of sp³-hybridized carbons (Fsp3) is 0.176. The largest absolute Gasteiger partial charge is 0.375 e. The minimum Gasteiger partial charge on any atom is -0.375 e. The van der Waals surface area contributed by atoms with Gasteiger partial charge < -0.3 is 16.0 Å². The second-order valence-corrected chi connectivity index (χ2v) is 7.99. The van der Waals surface area contributed by atoms with Gasteiger partial charge in [-0.25, -0.2) is 8.42 Å². The summed E-state index contributed by atoms with van der Waals surface area (Å²) in [6, 6.07) is 11.0. The summed E-state index contributed by atoms with van der Waals surface area (Å²) in [6.45, 7) is 1.28. The van der Waals surface area contributed by atoms with Gasteiger partial charge in [0.15, 0.2) is 9.84 Å². The number of halogens is 1. The summed E-state index contributed by atoms with van der Waals surface area (Å²) in [7, 11) is -3.49. The van der Waals surface area contributed by atoms with Crippen LogP contribution in [0, 0.1) is 0 Å². The summed E-state index contributed by atoms with van der Waals surface area (Å²) < 4.78 is 23.6. The molecule has 0 heterocycles. The third kappa shape index (κ3) is 5.75. The average molecular weight is 396 g/mol. The number of hydrogen-bond acceptors (Lipinski definition) is 5. The van der Waals surface area contributed by atoms with Crippen LogP contribution in [-0.2, 0) is 19.4 Å². The Morgan fingerprint density at radius 1 is 1.00 bits per heavy atom. The summed E-state index contributed by atoms with van der Waals surface area (Å²) in [4.78, 5) is 23.1. The van der Waals surface area contributed by atoms with Gasteiger partial charge in [-0.05, 0) is 42.5 Å². The Bertz CT molecular complexity index is 928. The highest BCUT2D eigenvalue weighted by Crippen LogP contribution is 2.25. The van der Waals surface area contributed by atoms with Gasteiger partial charge in [0.25, 0.3) is 0 Å². The van der Waals surface area contributed by atoms with Crippen LogP contribution in [-0.4, -0.2) is 33.0 Å². The second-order valence-electron chi connectivity index (χ2n) is 5.57. The lowest BCUT2D eigenvalue weighted by atomic mass is 10.2. The smallest absolute Gasteiger partial charge is 0.243 e. The van der Waals surface area contributed by atoms with Crippen molar-refractivity contribution in [2.24, 2.45) is 0 Å². The Labute approximate surface area is 156 Å². The van der Waals surface area contributed by atoms with Gasteiger partial charge in [-0.2, -0.15) is 0 Å². The molecule has 0 fully saturated rings. The third-order valence-corrected chi connectivity index (χ3v) is 4.64. The predicted molar refractivity (Wildman–Crippen MR) is 102 cm³/mol. The molecule has 2 amide bonds. The molecule has 0 bridgehead atoms. The molecule has 0 radical (unpaired) electrons. The normalized spacial score (nSPS) is 10.9. The molecule has 2 rings (SSSR count). The molecule has 0 aliphatic carbocycles. The molecule has 26 heavy (non-hydrogen) atoms. The fourth-order valence-corrected chi connectivity index (χ4v) is 3.29. The molecule has 0 aliphatic heterocycles. The number of rotatable bonds is 6. The van der Waals surface area contributed by atoms with E-state index in [0.717, 1.165) is 6.26 Å². The Hall–Kier alpha value is -2.58. The van der Waals surface area contributed by atoms with Crippen molar-refractivity contribution < 1.29 is 18.0 Å². The van der Waals surface area contributed by atoms with Gasteiger partial charge >= 0.3 is 0 Å². The van der Waals surface area contributed by atoms with E-state index in [9.17, 15) is 18.0 Å². The van der Waals surface area contributed by atoms with Crippen LogP contribution in [0.15, 0.2) is 47.4 Å². The highest BCUT2D eigenvalue weighted by atomic mass is 35.5. The van der Waals surface area contributed by atoms with E-state index in [4.69, 9.17) is 11.6 Å². The maximum Gasteiger partial charge on any atom is 0.243 e. The van der Waals surface area contributed by atoms with Crippen molar-refractivity contribution in [3.8, 4) is 0 Å². The van der Waals surface area contributed by atoms with Crippen molar-refractivity contribution >= 4 is 50.3 Å². The lowest BCUT2D eigenvalue weighted by Crippen LogP contribution is -2.22. The Morgan fingerprint density at radius 3 is 2.12 bits per heavy atom. The molecule has 0 saturated heterocycles. The highest BCUT2D eigenvalue weighted by Gasteiger charge is 2.14. The maximum absolute atomic E-state index is 12.1. The van der Waals surface area contributed by atoms with E-state index in [1.54, 1.807) is 24.3 Å². The van der Waals surface area contributed by atoms with Gasteiger partial charge in [0.05, 0.1) is 17.1 Å². The fourth-order valence-electron chi connectivity index (χ4n) is 2.17. The van der Waals surface area contributed by atoms with Gasteiger partial charge in [-0.15, -0.1) is 0 Å². The zero-order chi connectivity index (χ0) is 19.3. The number of carbonyl (C=O) groups is 2. The van der Waals surface area contributed by atoms with Gasteiger partial charge in [0.2, 0.25) is 11.8 Å². The van der Waals surface area contributed by atoms with Gasteiger partial charge in [-0.1, -0.05) is 11.6 Å². The molecule has 9 heteroatoms. The molecule has 0 atom stereocenters. The molecule has 0 saturated carbocycles. The molecule has 2 aromatic carbocycles. The maximum atomic E-state index is 12.1. The van der Waals surface area contributed by atoms with Crippen LogP contribution >= 0.6 is 11.6 Å². The van der Waals surface area contributed by atoms with E-state index >= 15 is 0 Å². The molecule has 0 unspecified atom stereocenters. The zero-order valence-electron chi connectivity index (χ0n) is 14.2. The molecule has 0 aromatic heterocycles. The van der Waals surface area contributed by atoms with Gasteiger partial charge in [-0.3, -0.25) is 9.59 Å². The van der Waals surface area contributed by atoms with Crippen molar-refractivity contribution in [3.05, 3.63) is 47.5 Å². The van der Waals surface area contributed by atoms with Crippen molar-refractivity contribution in [1.29, 1.82) is 0 Å². The predicted octanol–water partition coefficient (Wildman–Crippen LogP) is 2.75. The van der Waals surface area contributed by atoms with E-state index in [-0.39, 0.29) is 23.3 Å². The first-order chi connectivity index (χ1) is 12.1. The lowest BCUT2D eigenvalue weighted by molar-refractivity contribution is -0.115. The van der Waals surface area contributed by atoms with E-state index in [1.807, 2.05) is 0 Å². The molecule has 0 spiro atoms. The van der Waals surface area contributed by atoms with E-state index in [2.05, 4.69) is 16.0 Å². The summed E-state index contributed by atoms with van der Waals surface area (Å²) >= 11 is 5.84. The Morgan fingerprint density at radius 2 is 1.58 bits per heavy atom. The number of sulfone groups is 1. The first kappa shape index (κ1) is 19.7. The van der Waals surface area contributed by atoms with Crippen LogP contribution in [0.2, 0.25) is 5.02 Å². The van der Waals surface area contributed by atoms with E-state index < -0.39 is 9.84 Å². The van der Waals surface area contributed by atoms with Gasteiger partial charge in [0.1, 0.15) is 0 Å². The standard InChI is InChI=1S/C17H18ClN3O4S/c1-11(22)20-13-4-6-14(7-5-13)21-17(23)10-19-15-8-3-12(18)9-16(15)26(2,24)25/h3-9,19H,10H2,1-2H3,(H,20,22)(H,21,23). The monoisotopic (exact) mass is 395 g/mol. The highest BCUT2D eigenvalue weighted by molar-refractivity contribution is 7.90. The van der Waals surface area contributed by atoms with Crippen LogP contribution < -0.4 is 16.0 Å². The molecular weight excluding hydrogens is 378 g/mol. The SMILES string of the molecule is CC(=O)Nc1ccc(NC(=O)CNc2ccc(Cl)cc2S(C)(=O)=O)cc1. The molecule has 2 aromatic rings. The van der Waals surface area contributed by atoms with Crippen LogP contribution in [0.1, 0.15) is 6.92 Å². The number of hydrogen-bond donors (Lipinski definition) is 3. The number of anilines is 3. The van der Waals surface area contributed by atoms with Gasteiger partial charge in [0, 0.05) is 29.6 Å². The minimum absolute atomic E-state index is 0.0254. The summed E-state index contributed by atoms with van der Waals surface area (Å²) in [5.74, 6) is -0.540. The summed E-state index contributed by atoms with van der Waals surface area (Å²) in [6.07, 6.45) is 1.07. The molecule has 3 N–H and O–H groups in total. The Kier molecular flexibility index (Phi) is 6.23. The number of nitrogens with one attached hydrogen (secondary N) is 3. The first-order valence-corrected chi connectivity index (χ1v) is 9.83. The van der Waals surface area contributed by atoms with E-state index in [0.29, 0.717) is 22.1 Å². The van der Waals surface area contributed by atoms with Crippen molar-refractivity contribution in [2.75, 3.05) is 28.8 Å². The molecule has 0 aliphatic rings. The topological polar surface area (TPSA) is 104 Å². The molecular formula is C17H18ClN3O4S. The average Bonchev–Trinajstić information content (AvgIpc) is 2.54. The second kappa shape index (κ2) is 8.20. The minimum atomic E-state index is -3.49. The summed E-state index contributed by atoms with van der Waals surface area (Å²) in [5.41, 5.74) is 1.46. The zero-order valence-corrected chi connectivity index (χ0v) is 15.7. The number of benzene rings is 2. The number of amides is 2. The molecule has 138 valence electrons. The first-order valence-electron chi connectivity index (χ1n) is 7.56. The van der Waals surface area contributed by atoms with Crippen LogP contribution in [0.3, 0.4) is 0 Å². The van der Waals surface area contributed by atoms with Crippen molar-refractivity contribution in [3.63, 3.8) is 0 Å². The van der Waals surface area contributed by atoms with Crippen LogP contribution in [0.25, 0.3) is 0 Å². The van der Waals surface area contributed by atoms with Crippen molar-refractivity contribution in [1.82, 2.24) is 0 Å². The van der Waals surface area contributed by atoms with Crippen LogP contribution in [0.4, 0.5) is 17.1 Å².